The number of anilines is 1. The molecule has 1 aliphatic heterocycles. The maximum absolute atomic E-state index is 11.4. The summed E-state index contributed by atoms with van der Waals surface area (Å²) in [5.41, 5.74) is 0.946. The molecule has 2 heterocycles. The first-order chi connectivity index (χ1) is 9.75. The van der Waals surface area contributed by atoms with Crippen LogP contribution in [-0.4, -0.2) is 39.1 Å². The van der Waals surface area contributed by atoms with Gasteiger partial charge in [-0.05, 0) is 42.3 Å². The average molecular weight is 271 g/mol. The van der Waals surface area contributed by atoms with Crippen LogP contribution in [0.15, 0.2) is 30.3 Å². The molecule has 6 nitrogen and oxygen atoms in total. The van der Waals surface area contributed by atoms with Crippen LogP contribution in [0.5, 0.6) is 0 Å². The van der Waals surface area contributed by atoms with Gasteiger partial charge >= 0.3 is 0 Å². The van der Waals surface area contributed by atoms with Crippen LogP contribution < -0.4 is 4.90 Å². The number of benzene rings is 1. The predicted molar refractivity (Wildman–Crippen MR) is 74.8 cm³/mol. The minimum absolute atomic E-state index is 0.187. The van der Waals surface area contributed by atoms with Crippen molar-refractivity contribution in [2.75, 3.05) is 18.0 Å². The highest BCUT2D eigenvalue weighted by Crippen LogP contribution is 2.23. The number of hydrogen-bond donors (Lipinski definition) is 0. The van der Waals surface area contributed by atoms with Gasteiger partial charge in [0.05, 0.1) is 5.69 Å². The van der Waals surface area contributed by atoms with Gasteiger partial charge in [0.25, 0.3) is 0 Å². The second-order valence-electron chi connectivity index (χ2n) is 5.10. The summed E-state index contributed by atoms with van der Waals surface area (Å²) in [6.45, 7) is 3.31. The molecule has 0 saturated carbocycles. The summed E-state index contributed by atoms with van der Waals surface area (Å²) in [5.74, 6) is 1.22. The van der Waals surface area contributed by atoms with Crippen molar-refractivity contribution in [1.29, 1.82) is 0 Å². The Kier molecular flexibility index (Phi) is 3.45. The van der Waals surface area contributed by atoms with E-state index in [2.05, 4.69) is 20.4 Å². The zero-order valence-corrected chi connectivity index (χ0v) is 11.4. The largest absolute Gasteiger partial charge is 0.339 e. The van der Waals surface area contributed by atoms with Gasteiger partial charge in [0.1, 0.15) is 5.78 Å². The van der Waals surface area contributed by atoms with Crippen molar-refractivity contribution in [2.24, 2.45) is 5.92 Å². The molecule has 1 aromatic heterocycles. The molecule has 0 N–H and O–H groups in total. The molecule has 1 fully saturated rings. The Balaban J connectivity index is 1.80. The van der Waals surface area contributed by atoms with E-state index in [-0.39, 0.29) is 11.7 Å². The molecule has 1 saturated heterocycles. The summed E-state index contributed by atoms with van der Waals surface area (Å²) in [6, 6.07) is 9.84. The van der Waals surface area contributed by atoms with Gasteiger partial charge in [-0.2, -0.15) is 4.68 Å². The molecule has 6 heteroatoms. The van der Waals surface area contributed by atoms with Crippen molar-refractivity contribution in [3.05, 3.63) is 30.3 Å². The Morgan fingerprint density at radius 1 is 1.20 bits per heavy atom. The van der Waals surface area contributed by atoms with E-state index in [4.69, 9.17) is 0 Å². The number of para-hydroxylation sites is 1. The number of aromatic nitrogens is 4. The number of nitrogens with zero attached hydrogens (tertiary/aromatic N) is 5. The first-order valence-electron chi connectivity index (χ1n) is 6.85. The summed E-state index contributed by atoms with van der Waals surface area (Å²) in [7, 11) is 0. The molecule has 2 aromatic rings. The SMILES string of the molecule is CC(=O)C1CCN(c2nnnn2-c2ccccc2)CC1. The third-order valence-electron chi connectivity index (χ3n) is 3.81. The van der Waals surface area contributed by atoms with Crippen molar-refractivity contribution in [3.8, 4) is 5.69 Å². The topological polar surface area (TPSA) is 63.9 Å². The minimum atomic E-state index is 0.187. The fourth-order valence-electron chi connectivity index (χ4n) is 2.60. The highest BCUT2D eigenvalue weighted by Gasteiger charge is 2.25. The van der Waals surface area contributed by atoms with E-state index >= 15 is 0 Å². The lowest BCUT2D eigenvalue weighted by Crippen LogP contribution is -2.37. The van der Waals surface area contributed by atoms with E-state index in [0.29, 0.717) is 0 Å². The zero-order valence-electron chi connectivity index (χ0n) is 11.4. The van der Waals surface area contributed by atoms with Crippen LogP contribution >= 0.6 is 0 Å². The average Bonchev–Trinajstić information content (AvgIpc) is 2.97. The van der Waals surface area contributed by atoms with E-state index in [1.54, 1.807) is 11.6 Å². The molecule has 20 heavy (non-hydrogen) atoms. The van der Waals surface area contributed by atoms with Gasteiger partial charge in [0, 0.05) is 19.0 Å². The second-order valence-corrected chi connectivity index (χ2v) is 5.10. The first-order valence-corrected chi connectivity index (χ1v) is 6.85. The Bertz CT molecular complexity index is 587. The van der Waals surface area contributed by atoms with Crippen LogP contribution in [0, 0.1) is 5.92 Å². The van der Waals surface area contributed by atoms with Gasteiger partial charge in [-0.1, -0.05) is 23.3 Å². The molecular formula is C14H17N5O. The highest BCUT2D eigenvalue weighted by atomic mass is 16.1. The maximum atomic E-state index is 11.4. The lowest BCUT2D eigenvalue weighted by atomic mass is 9.93. The van der Waals surface area contributed by atoms with Crippen LogP contribution in [-0.2, 0) is 4.79 Å². The van der Waals surface area contributed by atoms with Gasteiger partial charge in [-0.15, -0.1) is 0 Å². The number of Topliss-reactive ketones (excluding diaryl/α,β-unsaturated/α-hetero) is 1. The van der Waals surface area contributed by atoms with Crippen LogP contribution in [0.2, 0.25) is 0 Å². The number of ketones is 1. The molecule has 0 spiro atoms. The number of rotatable bonds is 3. The molecule has 104 valence electrons. The lowest BCUT2D eigenvalue weighted by Gasteiger charge is -2.30. The van der Waals surface area contributed by atoms with Crippen molar-refractivity contribution in [1.82, 2.24) is 20.2 Å². The quantitative estimate of drug-likeness (QED) is 0.845. The van der Waals surface area contributed by atoms with E-state index in [1.165, 1.54) is 0 Å². The molecule has 1 aromatic carbocycles. The summed E-state index contributed by atoms with van der Waals surface area (Å²) in [6.07, 6.45) is 1.74. The molecule has 1 aliphatic rings. The number of carbonyl (C=O) groups excluding carboxylic acids is 1. The molecule has 3 rings (SSSR count). The minimum Gasteiger partial charge on any atom is -0.339 e. The highest BCUT2D eigenvalue weighted by molar-refractivity contribution is 5.78. The van der Waals surface area contributed by atoms with Crippen molar-refractivity contribution in [2.45, 2.75) is 19.8 Å². The van der Waals surface area contributed by atoms with Gasteiger partial charge in [-0.25, -0.2) is 0 Å². The van der Waals surface area contributed by atoms with Crippen molar-refractivity contribution in [3.63, 3.8) is 0 Å². The fraction of sp³-hybridized carbons (Fsp3) is 0.429. The Morgan fingerprint density at radius 2 is 1.90 bits per heavy atom. The molecule has 0 bridgehead atoms. The third-order valence-corrected chi connectivity index (χ3v) is 3.81. The first kappa shape index (κ1) is 12.8. The lowest BCUT2D eigenvalue weighted by molar-refractivity contribution is -0.121. The van der Waals surface area contributed by atoms with Gasteiger partial charge in [0.15, 0.2) is 0 Å². The fourth-order valence-corrected chi connectivity index (χ4v) is 2.60. The zero-order chi connectivity index (χ0) is 13.9. The Hall–Kier alpha value is -2.24. The number of tetrazole rings is 1. The smallest absolute Gasteiger partial charge is 0.250 e. The van der Waals surface area contributed by atoms with Crippen LogP contribution in [0.1, 0.15) is 19.8 Å². The molecule has 0 radical (unpaired) electrons. The maximum Gasteiger partial charge on any atom is 0.250 e. The standard InChI is InChI=1S/C14H17N5O/c1-11(20)12-7-9-18(10-8-12)14-15-16-17-19(14)13-5-3-2-4-6-13/h2-6,12H,7-10H2,1H3. The number of hydrogen-bond acceptors (Lipinski definition) is 5. The molecular weight excluding hydrogens is 254 g/mol. The van der Waals surface area contributed by atoms with E-state index < -0.39 is 0 Å². The van der Waals surface area contributed by atoms with E-state index in [1.807, 2.05) is 30.3 Å². The van der Waals surface area contributed by atoms with Gasteiger partial charge in [0.2, 0.25) is 5.95 Å². The van der Waals surface area contributed by atoms with E-state index in [0.717, 1.165) is 37.6 Å². The van der Waals surface area contributed by atoms with Crippen molar-refractivity contribution < 1.29 is 4.79 Å². The molecule has 0 aliphatic carbocycles. The summed E-state index contributed by atoms with van der Waals surface area (Å²) in [5, 5.41) is 12.0. The Morgan fingerprint density at radius 3 is 2.55 bits per heavy atom. The van der Waals surface area contributed by atoms with E-state index in [9.17, 15) is 4.79 Å². The predicted octanol–water partition coefficient (Wildman–Crippen LogP) is 1.47. The monoisotopic (exact) mass is 271 g/mol. The third kappa shape index (κ3) is 2.41. The summed E-state index contributed by atoms with van der Waals surface area (Å²) >= 11 is 0. The summed E-state index contributed by atoms with van der Waals surface area (Å²) in [4.78, 5) is 13.6. The van der Waals surface area contributed by atoms with Gasteiger partial charge < -0.3 is 4.90 Å². The number of piperidine rings is 1. The molecule has 0 atom stereocenters. The normalized spacial score (nSPS) is 16.4. The van der Waals surface area contributed by atoms with Gasteiger partial charge in [-0.3, -0.25) is 4.79 Å². The molecule has 0 unspecified atom stereocenters. The summed E-state index contributed by atoms with van der Waals surface area (Å²) < 4.78 is 1.74. The van der Waals surface area contributed by atoms with Crippen LogP contribution in [0.4, 0.5) is 5.95 Å². The number of carbonyl (C=O) groups is 1. The Labute approximate surface area is 117 Å². The van der Waals surface area contributed by atoms with Crippen LogP contribution in [0.3, 0.4) is 0 Å². The second kappa shape index (κ2) is 5.40. The van der Waals surface area contributed by atoms with Crippen LogP contribution in [0.25, 0.3) is 5.69 Å². The molecule has 0 amide bonds. The van der Waals surface area contributed by atoms with Crippen molar-refractivity contribution >= 4 is 11.7 Å².